The maximum atomic E-state index is 13.2. The summed E-state index contributed by atoms with van der Waals surface area (Å²) in [7, 11) is 0. The zero-order valence-electron chi connectivity index (χ0n) is 11.8. The van der Waals surface area contributed by atoms with Gasteiger partial charge in [-0.3, -0.25) is 5.84 Å². The van der Waals surface area contributed by atoms with Gasteiger partial charge in [-0.2, -0.15) is 13.2 Å². The lowest BCUT2D eigenvalue weighted by Crippen LogP contribution is -2.31. The summed E-state index contributed by atoms with van der Waals surface area (Å²) in [6.45, 7) is 3.73. The minimum atomic E-state index is -4.41. The van der Waals surface area contributed by atoms with Crippen LogP contribution in [0.4, 0.5) is 13.2 Å². The number of aryl methyl sites for hydroxylation is 2. The molecule has 0 aromatic heterocycles. The van der Waals surface area contributed by atoms with Crippen molar-refractivity contribution in [2.24, 2.45) is 5.84 Å². The van der Waals surface area contributed by atoms with E-state index in [0.29, 0.717) is 0 Å². The van der Waals surface area contributed by atoms with E-state index in [1.165, 1.54) is 12.1 Å². The summed E-state index contributed by atoms with van der Waals surface area (Å²) in [5, 5.41) is 0. The van der Waals surface area contributed by atoms with E-state index in [1.807, 2.05) is 32.0 Å². The van der Waals surface area contributed by atoms with Crippen LogP contribution in [-0.4, -0.2) is 0 Å². The minimum Gasteiger partial charge on any atom is -0.271 e. The molecule has 0 aliphatic rings. The first kappa shape index (κ1) is 15.5. The van der Waals surface area contributed by atoms with Gasteiger partial charge in [0.1, 0.15) is 0 Å². The molecule has 2 rings (SSSR count). The van der Waals surface area contributed by atoms with Crippen molar-refractivity contribution in [2.75, 3.05) is 0 Å². The molecule has 0 spiro atoms. The number of nitrogens with two attached hydrogens (primary N) is 1. The monoisotopic (exact) mass is 294 g/mol. The van der Waals surface area contributed by atoms with Crippen LogP contribution < -0.4 is 11.3 Å². The smallest absolute Gasteiger partial charge is 0.271 e. The van der Waals surface area contributed by atoms with E-state index in [9.17, 15) is 13.2 Å². The van der Waals surface area contributed by atoms with E-state index >= 15 is 0 Å². The first-order valence-corrected chi connectivity index (χ1v) is 6.54. The van der Waals surface area contributed by atoms with Gasteiger partial charge in [0.25, 0.3) is 0 Å². The first-order valence-electron chi connectivity index (χ1n) is 6.54. The molecule has 1 unspecified atom stereocenters. The molecule has 5 heteroatoms. The topological polar surface area (TPSA) is 38.0 Å². The van der Waals surface area contributed by atoms with Gasteiger partial charge in [-0.1, -0.05) is 36.4 Å². The van der Waals surface area contributed by atoms with Crippen LogP contribution in [0.25, 0.3) is 0 Å². The molecular formula is C16H17F3N2. The van der Waals surface area contributed by atoms with Crippen LogP contribution >= 0.6 is 0 Å². The number of hydrogen-bond acceptors (Lipinski definition) is 2. The molecule has 0 radical (unpaired) electrons. The molecule has 0 aliphatic heterocycles. The van der Waals surface area contributed by atoms with Crippen molar-refractivity contribution in [3.05, 3.63) is 70.3 Å². The second-order valence-corrected chi connectivity index (χ2v) is 4.99. The number of benzene rings is 2. The minimum absolute atomic E-state index is 0.130. The van der Waals surface area contributed by atoms with Gasteiger partial charge in [-0.15, -0.1) is 0 Å². The third kappa shape index (κ3) is 3.09. The van der Waals surface area contributed by atoms with Crippen LogP contribution in [0.2, 0.25) is 0 Å². The summed E-state index contributed by atoms with van der Waals surface area (Å²) >= 11 is 0. The molecule has 3 N–H and O–H groups in total. The highest BCUT2D eigenvalue weighted by molar-refractivity contribution is 5.45. The lowest BCUT2D eigenvalue weighted by Gasteiger charge is -2.24. The van der Waals surface area contributed by atoms with Crippen LogP contribution in [-0.2, 0) is 6.18 Å². The third-order valence-corrected chi connectivity index (χ3v) is 3.57. The molecule has 2 aromatic carbocycles. The fourth-order valence-corrected chi connectivity index (χ4v) is 2.62. The fourth-order valence-electron chi connectivity index (χ4n) is 2.62. The SMILES string of the molecule is Cc1cccc(C)c1C(NN)c1ccccc1C(F)(F)F. The van der Waals surface area contributed by atoms with Crippen LogP contribution in [0.15, 0.2) is 42.5 Å². The number of nitrogens with one attached hydrogen (secondary N) is 1. The Hall–Kier alpha value is -1.85. The predicted octanol–water partition coefficient (Wildman–Crippen LogP) is 3.87. The number of rotatable bonds is 3. The number of halogens is 3. The molecule has 2 aromatic rings. The Labute approximate surface area is 121 Å². The third-order valence-electron chi connectivity index (χ3n) is 3.57. The molecular weight excluding hydrogens is 277 g/mol. The molecule has 1 atom stereocenters. The Bertz CT molecular complexity index is 615. The molecule has 0 aliphatic carbocycles. The Morgan fingerprint density at radius 3 is 2.05 bits per heavy atom. The molecule has 2 nitrogen and oxygen atoms in total. The quantitative estimate of drug-likeness (QED) is 0.666. The molecule has 0 amide bonds. The van der Waals surface area contributed by atoms with E-state index < -0.39 is 17.8 Å². The van der Waals surface area contributed by atoms with E-state index in [1.54, 1.807) is 6.07 Å². The van der Waals surface area contributed by atoms with E-state index in [2.05, 4.69) is 5.43 Å². The summed E-state index contributed by atoms with van der Waals surface area (Å²) < 4.78 is 39.6. The largest absolute Gasteiger partial charge is 0.416 e. The molecule has 0 bridgehead atoms. The fraction of sp³-hybridized carbons (Fsp3) is 0.250. The highest BCUT2D eigenvalue weighted by Gasteiger charge is 2.35. The summed E-state index contributed by atoms with van der Waals surface area (Å²) in [6.07, 6.45) is -4.41. The van der Waals surface area contributed by atoms with Crippen molar-refractivity contribution in [2.45, 2.75) is 26.1 Å². The number of hydrazine groups is 1. The zero-order chi connectivity index (χ0) is 15.6. The summed E-state index contributed by atoms with van der Waals surface area (Å²) in [5.41, 5.74) is 4.56. The van der Waals surface area contributed by atoms with Crippen molar-refractivity contribution in [3.8, 4) is 0 Å². The number of hydrogen-bond donors (Lipinski definition) is 2. The highest BCUT2D eigenvalue weighted by Crippen LogP contribution is 2.37. The van der Waals surface area contributed by atoms with Crippen LogP contribution in [0.1, 0.15) is 33.9 Å². The molecule has 0 saturated carbocycles. The molecule has 0 fully saturated rings. The van der Waals surface area contributed by atoms with Crippen molar-refractivity contribution >= 4 is 0 Å². The summed E-state index contributed by atoms with van der Waals surface area (Å²) in [6, 6.07) is 10.4. The average molecular weight is 294 g/mol. The van der Waals surface area contributed by atoms with Crippen molar-refractivity contribution in [3.63, 3.8) is 0 Å². The Kier molecular flexibility index (Phi) is 4.34. The van der Waals surface area contributed by atoms with E-state index in [-0.39, 0.29) is 5.56 Å². The molecule has 0 heterocycles. The highest BCUT2D eigenvalue weighted by atomic mass is 19.4. The maximum Gasteiger partial charge on any atom is 0.416 e. The van der Waals surface area contributed by atoms with Gasteiger partial charge < -0.3 is 0 Å². The van der Waals surface area contributed by atoms with Crippen LogP contribution in [0.3, 0.4) is 0 Å². The Morgan fingerprint density at radius 2 is 1.52 bits per heavy atom. The Morgan fingerprint density at radius 1 is 0.952 bits per heavy atom. The van der Waals surface area contributed by atoms with Gasteiger partial charge >= 0.3 is 6.18 Å². The van der Waals surface area contributed by atoms with Gasteiger partial charge in [0.2, 0.25) is 0 Å². The normalized spacial score (nSPS) is 13.2. The van der Waals surface area contributed by atoms with Gasteiger partial charge in [0.05, 0.1) is 11.6 Å². The van der Waals surface area contributed by atoms with Gasteiger partial charge in [0, 0.05) is 0 Å². The maximum absolute atomic E-state index is 13.2. The van der Waals surface area contributed by atoms with Crippen LogP contribution in [0.5, 0.6) is 0 Å². The first-order chi connectivity index (χ1) is 9.86. The molecule has 112 valence electrons. The second-order valence-electron chi connectivity index (χ2n) is 4.99. The Balaban J connectivity index is 2.63. The predicted molar refractivity (Wildman–Crippen MR) is 76.5 cm³/mol. The molecule has 21 heavy (non-hydrogen) atoms. The van der Waals surface area contributed by atoms with Gasteiger partial charge in [-0.05, 0) is 42.2 Å². The standard InChI is InChI=1S/C16H17F3N2/c1-10-6-5-7-11(2)14(10)15(21-20)12-8-3-4-9-13(12)16(17,18)19/h3-9,15,21H,20H2,1-2H3. The van der Waals surface area contributed by atoms with Gasteiger partial charge in [-0.25, -0.2) is 5.43 Å². The second kappa shape index (κ2) is 5.87. The molecule has 0 saturated heterocycles. The summed E-state index contributed by atoms with van der Waals surface area (Å²) in [5.74, 6) is 5.57. The van der Waals surface area contributed by atoms with Gasteiger partial charge in [0.15, 0.2) is 0 Å². The number of alkyl halides is 3. The lowest BCUT2D eigenvalue weighted by molar-refractivity contribution is -0.138. The van der Waals surface area contributed by atoms with Crippen molar-refractivity contribution < 1.29 is 13.2 Å². The lowest BCUT2D eigenvalue weighted by atomic mass is 9.89. The summed E-state index contributed by atoms with van der Waals surface area (Å²) in [4.78, 5) is 0. The van der Waals surface area contributed by atoms with Crippen molar-refractivity contribution in [1.29, 1.82) is 0 Å². The van der Waals surface area contributed by atoms with Crippen molar-refractivity contribution in [1.82, 2.24) is 5.43 Å². The zero-order valence-corrected chi connectivity index (χ0v) is 11.8. The van der Waals surface area contributed by atoms with Crippen LogP contribution in [0, 0.1) is 13.8 Å². The van der Waals surface area contributed by atoms with E-state index in [0.717, 1.165) is 22.8 Å². The van der Waals surface area contributed by atoms with E-state index in [4.69, 9.17) is 5.84 Å². The average Bonchev–Trinajstić information content (AvgIpc) is 2.42.